The lowest BCUT2D eigenvalue weighted by atomic mass is 9.84. The molecule has 0 aliphatic rings. The summed E-state index contributed by atoms with van der Waals surface area (Å²) >= 11 is 0. The standard InChI is InChI=1S/C18H27NO4/c1-12-10-14(7-9-16(12)22-4)11-15(20)8-6-13(2)18(3,19)17(21)23-5/h7,9-10,13H,6,8,11,19H2,1-5H3. The molecule has 0 aromatic heterocycles. The zero-order valence-electron chi connectivity index (χ0n) is 14.6. The number of methoxy groups -OCH3 is 2. The van der Waals surface area contributed by atoms with Crippen LogP contribution in [0.3, 0.4) is 0 Å². The Hall–Kier alpha value is -1.88. The van der Waals surface area contributed by atoms with E-state index in [0.29, 0.717) is 19.3 Å². The molecule has 0 bridgehead atoms. The van der Waals surface area contributed by atoms with Crippen LogP contribution < -0.4 is 10.5 Å². The molecular weight excluding hydrogens is 294 g/mol. The van der Waals surface area contributed by atoms with Crippen molar-refractivity contribution in [2.45, 2.75) is 45.6 Å². The van der Waals surface area contributed by atoms with E-state index < -0.39 is 11.5 Å². The van der Waals surface area contributed by atoms with E-state index >= 15 is 0 Å². The molecule has 0 aliphatic heterocycles. The third-order valence-corrected chi connectivity index (χ3v) is 4.37. The maximum atomic E-state index is 12.2. The van der Waals surface area contributed by atoms with Crippen LogP contribution in [-0.2, 0) is 20.7 Å². The number of ether oxygens (including phenoxy) is 2. The molecule has 0 spiro atoms. The summed E-state index contributed by atoms with van der Waals surface area (Å²) in [6.07, 6.45) is 1.31. The number of hydrogen-bond donors (Lipinski definition) is 1. The van der Waals surface area contributed by atoms with E-state index in [1.54, 1.807) is 14.0 Å². The summed E-state index contributed by atoms with van der Waals surface area (Å²) in [6.45, 7) is 5.45. The third kappa shape index (κ3) is 5.06. The van der Waals surface area contributed by atoms with Crippen molar-refractivity contribution in [3.63, 3.8) is 0 Å². The monoisotopic (exact) mass is 321 g/mol. The van der Waals surface area contributed by atoms with Gasteiger partial charge in [-0.15, -0.1) is 0 Å². The highest BCUT2D eigenvalue weighted by atomic mass is 16.5. The van der Waals surface area contributed by atoms with Gasteiger partial charge in [0.1, 0.15) is 17.1 Å². The number of esters is 1. The second-order valence-electron chi connectivity index (χ2n) is 6.23. The van der Waals surface area contributed by atoms with Crippen molar-refractivity contribution >= 4 is 11.8 Å². The number of ketones is 1. The highest BCUT2D eigenvalue weighted by Crippen LogP contribution is 2.22. The van der Waals surface area contributed by atoms with E-state index in [4.69, 9.17) is 15.2 Å². The molecule has 2 unspecified atom stereocenters. The predicted molar refractivity (Wildman–Crippen MR) is 89.4 cm³/mol. The zero-order chi connectivity index (χ0) is 17.6. The summed E-state index contributed by atoms with van der Waals surface area (Å²) in [5, 5.41) is 0. The van der Waals surface area contributed by atoms with Crippen molar-refractivity contribution in [3.8, 4) is 5.75 Å². The number of carbonyl (C=O) groups excluding carboxylic acids is 2. The summed E-state index contributed by atoms with van der Waals surface area (Å²) in [4.78, 5) is 23.8. The van der Waals surface area contributed by atoms with E-state index in [-0.39, 0.29) is 11.7 Å². The predicted octanol–water partition coefficient (Wildman–Crippen LogP) is 2.42. The van der Waals surface area contributed by atoms with Crippen molar-refractivity contribution in [1.29, 1.82) is 0 Å². The average molecular weight is 321 g/mol. The maximum Gasteiger partial charge on any atom is 0.325 e. The molecule has 0 saturated carbocycles. The number of aryl methyl sites for hydroxylation is 1. The first-order valence-electron chi connectivity index (χ1n) is 7.74. The average Bonchev–Trinajstić information content (AvgIpc) is 2.51. The minimum Gasteiger partial charge on any atom is -0.496 e. The second-order valence-corrected chi connectivity index (χ2v) is 6.23. The van der Waals surface area contributed by atoms with Gasteiger partial charge in [-0.3, -0.25) is 9.59 Å². The summed E-state index contributed by atoms with van der Waals surface area (Å²) < 4.78 is 9.92. The molecule has 5 nitrogen and oxygen atoms in total. The molecule has 0 radical (unpaired) electrons. The Balaban J connectivity index is 2.57. The van der Waals surface area contributed by atoms with E-state index in [2.05, 4.69) is 0 Å². The number of hydrogen-bond acceptors (Lipinski definition) is 5. The highest BCUT2D eigenvalue weighted by Gasteiger charge is 2.35. The van der Waals surface area contributed by atoms with Crippen molar-refractivity contribution in [1.82, 2.24) is 0 Å². The molecule has 128 valence electrons. The van der Waals surface area contributed by atoms with E-state index in [1.165, 1.54) is 7.11 Å². The van der Waals surface area contributed by atoms with Gasteiger partial charge in [0.05, 0.1) is 14.2 Å². The van der Waals surface area contributed by atoms with Crippen LogP contribution in [0.15, 0.2) is 18.2 Å². The molecule has 23 heavy (non-hydrogen) atoms. The van der Waals surface area contributed by atoms with Crippen LogP contribution in [-0.4, -0.2) is 31.5 Å². The van der Waals surface area contributed by atoms with Gasteiger partial charge in [0.25, 0.3) is 0 Å². The Labute approximate surface area is 138 Å². The Bertz CT molecular complexity index is 566. The zero-order valence-corrected chi connectivity index (χ0v) is 14.6. The quantitative estimate of drug-likeness (QED) is 0.744. The first-order chi connectivity index (χ1) is 10.7. The molecule has 0 aliphatic carbocycles. The van der Waals surface area contributed by atoms with Crippen molar-refractivity contribution in [2.24, 2.45) is 11.7 Å². The molecule has 0 amide bonds. The van der Waals surface area contributed by atoms with Crippen LogP contribution in [0.1, 0.15) is 37.8 Å². The number of nitrogens with two attached hydrogens (primary N) is 1. The minimum absolute atomic E-state index is 0.127. The Kier molecular flexibility index (Phi) is 6.76. The maximum absolute atomic E-state index is 12.2. The van der Waals surface area contributed by atoms with Crippen LogP contribution in [0.4, 0.5) is 0 Å². The van der Waals surface area contributed by atoms with Crippen LogP contribution in [0.25, 0.3) is 0 Å². The normalized spacial score (nSPS) is 14.7. The van der Waals surface area contributed by atoms with E-state index in [9.17, 15) is 9.59 Å². The fraction of sp³-hybridized carbons (Fsp3) is 0.556. The van der Waals surface area contributed by atoms with Crippen LogP contribution in [0, 0.1) is 12.8 Å². The lowest BCUT2D eigenvalue weighted by Gasteiger charge is -2.28. The third-order valence-electron chi connectivity index (χ3n) is 4.37. The molecule has 1 rings (SSSR count). The summed E-state index contributed by atoms with van der Waals surface area (Å²) in [5.74, 6) is 0.341. The van der Waals surface area contributed by atoms with Crippen molar-refractivity contribution < 1.29 is 19.1 Å². The molecule has 5 heteroatoms. The topological polar surface area (TPSA) is 78.6 Å². The van der Waals surface area contributed by atoms with E-state index in [0.717, 1.165) is 16.9 Å². The number of benzene rings is 1. The van der Waals surface area contributed by atoms with Crippen molar-refractivity contribution in [3.05, 3.63) is 29.3 Å². The minimum atomic E-state index is -1.08. The van der Waals surface area contributed by atoms with Gasteiger partial charge in [0, 0.05) is 12.8 Å². The van der Waals surface area contributed by atoms with Crippen molar-refractivity contribution in [2.75, 3.05) is 14.2 Å². The Morgan fingerprint density at radius 1 is 1.30 bits per heavy atom. The number of Topliss-reactive ketones (excluding diaryl/α,β-unsaturated/α-hetero) is 1. The van der Waals surface area contributed by atoms with E-state index in [1.807, 2.05) is 32.0 Å². The largest absolute Gasteiger partial charge is 0.496 e. The van der Waals surface area contributed by atoms with Gasteiger partial charge in [-0.05, 0) is 43.4 Å². The smallest absolute Gasteiger partial charge is 0.325 e. The lowest BCUT2D eigenvalue weighted by molar-refractivity contribution is -0.148. The molecule has 2 N–H and O–H groups in total. The Morgan fingerprint density at radius 2 is 1.96 bits per heavy atom. The molecule has 1 aromatic carbocycles. The van der Waals surface area contributed by atoms with Gasteiger partial charge >= 0.3 is 5.97 Å². The van der Waals surface area contributed by atoms with Crippen LogP contribution in [0.5, 0.6) is 5.75 Å². The highest BCUT2D eigenvalue weighted by molar-refractivity contribution is 5.82. The summed E-state index contributed by atoms with van der Waals surface area (Å²) in [5.41, 5.74) is 6.90. The lowest BCUT2D eigenvalue weighted by Crippen LogP contribution is -2.51. The molecule has 2 atom stereocenters. The summed E-state index contributed by atoms with van der Waals surface area (Å²) in [7, 11) is 2.94. The fourth-order valence-corrected chi connectivity index (χ4v) is 2.46. The second kappa shape index (κ2) is 8.11. The molecule has 0 heterocycles. The summed E-state index contributed by atoms with van der Waals surface area (Å²) in [6, 6.07) is 5.73. The molecule has 0 saturated heterocycles. The van der Waals surface area contributed by atoms with Crippen LogP contribution >= 0.6 is 0 Å². The first kappa shape index (κ1) is 19.2. The number of carbonyl (C=O) groups is 2. The fourth-order valence-electron chi connectivity index (χ4n) is 2.46. The Morgan fingerprint density at radius 3 is 2.48 bits per heavy atom. The van der Waals surface area contributed by atoms with Crippen LogP contribution in [0.2, 0.25) is 0 Å². The molecule has 1 aromatic rings. The molecular formula is C18H27NO4. The van der Waals surface area contributed by atoms with Gasteiger partial charge in [-0.2, -0.15) is 0 Å². The molecule has 0 fully saturated rings. The SMILES string of the molecule is COC(=O)C(C)(N)C(C)CCC(=O)Cc1ccc(OC)c(C)c1. The van der Waals surface area contributed by atoms with Gasteiger partial charge in [0.15, 0.2) is 0 Å². The van der Waals surface area contributed by atoms with Gasteiger partial charge in [-0.1, -0.05) is 19.1 Å². The number of rotatable bonds is 8. The first-order valence-corrected chi connectivity index (χ1v) is 7.74. The van der Waals surface area contributed by atoms with Gasteiger partial charge in [0.2, 0.25) is 0 Å². The van der Waals surface area contributed by atoms with Gasteiger partial charge < -0.3 is 15.2 Å². The van der Waals surface area contributed by atoms with Gasteiger partial charge in [-0.25, -0.2) is 0 Å².